The van der Waals surface area contributed by atoms with Crippen molar-refractivity contribution in [3.05, 3.63) is 17.9 Å². The third-order valence-corrected chi connectivity index (χ3v) is 3.73. The molecule has 3 amide bonds. The number of aromatic carboxylic acids is 1. The summed E-state index contributed by atoms with van der Waals surface area (Å²) in [5.41, 5.74) is 0. The van der Waals surface area contributed by atoms with Crippen LogP contribution in [0.1, 0.15) is 24.4 Å². The molecule has 2 atom stereocenters. The van der Waals surface area contributed by atoms with E-state index in [0.29, 0.717) is 6.54 Å². The highest BCUT2D eigenvalue weighted by molar-refractivity contribution is 7.86. The number of urea groups is 1. The van der Waals surface area contributed by atoms with E-state index in [1.165, 1.54) is 13.0 Å². The number of amides is 3. The number of carbonyl (C=O) groups excluding carboxylic acids is 2. The van der Waals surface area contributed by atoms with E-state index in [-0.39, 0.29) is 10.9 Å². The van der Waals surface area contributed by atoms with Crippen LogP contribution in [0, 0.1) is 0 Å². The largest absolute Gasteiger partial charge is 0.475 e. The van der Waals surface area contributed by atoms with E-state index in [4.69, 9.17) is 9.52 Å². The molecule has 1 aromatic rings. The van der Waals surface area contributed by atoms with Crippen molar-refractivity contribution in [3.63, 3.8) is 0 Å². The lowest BCUT2D eigenvalue weighted by Gasteiger charge is -2.09. The Kier molecular flexibility index (Phi) is 5.44. The average Bonchev–Trinajstić information content (AvgIpc) is 2.86. The van der Waals surface area contributed by atoms with Crippen LogP contribution in [-0.2, 0) is 15.6 Å². The maximum absolute atomic E-state index is 12.0. The normalized spacial score (nSPS) is 13.3. The predicted molar refractivity (Wildman–Crippen MR) is 68.8 cm³/mol. The maximum atomic E-state index is 12.0. The standard InChI is InChI=1S/C11H14N2O6S/c1-3-12-11(17)13-9(14)6(2)20(18)8-5-4-7(19-8)10(15)16/h4-6H,3H2,1-2H3,(H,15,16)(H2,12,13,14,17). The van der Waals surface area contributed by atoms with Gasteiger partial charge in [-0.15, -0.1) is 0 Å². The van der Waals surface area contributed by atoms with Crippen molar-refractivity contribution in [2.24, 2.45) is 0 Å². The van der Waals surface area contributed by atoms with Crippen LogP contribution in [0.5, 0.6) is 0 Å². The molecule has 0 bridgehead atoms. The SMILES string of the molecule is CCNC(=O)NC(=O)C(C)S(=O)c1ccc(C(=O)O)o1. The second-order valence-electron chi connectivity index (χ2n) is 3.71. The number of carbonyl (C=O) groups is 3. The molecule has 0 aromatic carbocycles. The summed E-state index contributed by atoms with van der Waals surface area (Å²) in [5, 5.41) is 11.9. The fraction of sp³-hybridized carbons (Fsp3) is 0.364. The molecule has 1 aromatic heterocycles. The molecule has 0 saturated carbocycles. The van der Waals surface area contributed by atoms with Crippen LogP contribution in [0.3, 0.4) is 0 Å². The van der Waals surface area contributed by atoms with Gasteiger partial charge < -0.3 is 14.8 Å². The number of hydrogen-bond donors (Lipinski definition) is 3. The molecule has 0 aliphatic carbocycles. The van der Waals surface area contributed by atoms with Crippen LogP contribution in [0.15, 0.2) is 21.6 Å². The zero-order valence-electron chi connectivity index (χ0n) is 10.8. The van der Waals surface area contributed by atoms with E-state index in [0.717, 1.165) is 6.07 Å². The summed E-state index contributed by atoms with van der Waals surface area (Å²) in [4.78, 5) is 33.5. The van der Waals surface area contributed by atoms with Gasteiger partial charge in [0.1, 0.15) is 16.0 Å². The number of furan rings is 1. The summed E-state index contributed by atoms with van der Waals surface area (Å²) in [6.07, 6.45) is 0. The summed E-state index contributed by atoms with van der Waals surface area (Å²) in [6.45, 7) is 3.37. The van der Waals surface area contributed by atoms with Gasteiger partial charge in [-0.1, -0.05) is 0 Å². The van der Waals surface area contributed by atoms with Crippen molar-refractivity contribution in [1.29, 1.82) is 0 Å². The van der Waals surface area contributed by atoms with Crippen molar-refractivity contribution in [1.82, 2.24) is 10.6 Å². The van der Waals surface area contributed by atoms with Gasteiger partial charge in [-0.25, -0.2) is 9.59 Å². The van der Waals surface area contributed by atoms with Gasteiger partial charge in [0, 0.05) is 6.54 Å². The number of hydrogen-bond acceptors (Lipinski definition) is 5. The van der Waals surface area contributed by atoms with E-state index in [9.17, 15) is 18.6 Å². The van der Waals surface area contributed by atoms with Crippen LogP contribution >= 0.6 is 0 Å². The molecule has 8 nitrogen and oxygen atoms in total. The Morgan fingerprint density at radius 2 is 2.05 bits per heavy atom. The predicted octanol–water partition coefficient (Wildman–Crippen LogP) is 0.320. The van der Waals surface area contributed by atoms with Gasteiger partial charge in [-0.05, 0) is 26.0 Å². The summed E-state index contributed by atoms with van der Waals surface area (Å²) < 4.78 is 16.8. The van der Waals surface area contributed by atoms with Gasteiger partial charge in [0.15, 0.2) is 5.09 Å². The molecule has 0 fully saturated rings. The minimum Gasteiger partial charge on any atom is -0.475 e. The maximum Gasteiger partial charge on any atom is 0.371 e. The first-order chi connectivity index (χ1) is 9.36. The van der Waals surface area contributed by atoms with Gasteiger partial charge >= 0.3 is 12.0 Å². The van der Waals surface area contributed by atoms with Crippen molar-refractivity contribution < 1.29 is 28.1 Å². The van der Waals surface area contributed by atoms with E-state index in [2.05, 4.69) is 5.32 Å². The fourth-order valence-electron chi connectivity index (χ4n) is 1.23. The second-order valence-corrected chi connectivity index (χ2v) is 5.42. The molecule has 20 heavy (non-hydrogen) atoms. The lowest BCUT2D eigenvalue weighted by atomic mass is 10.4. The molecule has 0 spiro atoms. The van der Waals surface area contributed by atoms with E-state index in [1.54, 1.807) is 6.92 Å². The fourth-order valence-corrected chi connectivity index (χ4v) is 2.21. The number of carboxylic acid groups (broad SMARTS) is 1. The molecule has 0 aliphatic rings. The van der Waals surface area contributed by atoms with Crippen molar-refractivity contribution in [2.45, 2.75) is 24.2 Å². The topological polar surface area (TPSA) is 126 Å². The summed E-state index contributed by atoms with van der Waals surface area (Å²) in [7, 11) is -1.90. The molecule has 0 aliphatic heterocycles. The first kappa shape index (κ1) is 15.9. The molecule has 9 heteroatoms. The minimum atomic E-state index is -1.90. The van der Waals surface area contributed by atoms with E-state index >= 15 is 0 Å². The van der Waals surface area contributed by atoms with E-state index < -0.39 is 34.0 Å². The third kappa shape index (κ3) is 3.92. The Bertz CT molecular complexity index is 553. The summed E-state index contributed by atoms with van der Waals surface area (Å²) in [6, 6.07) is 1.67. The van der Waals surface area contributed by atoms with Gasteiger partial charge in [0.2, 0.25) is 11.7 Å². The third-order valence-electron chi connectivity index (χ3n) is 2.25. The van der Waals surface area contributed by atoms with Gasteiger partial charge in [0.05, 0.1) is 0 Å². The number of imide groups is 1. The molecule has 1 rings (SSSR count). The van der Waals surface area contributed by atoms with Crippen LogP contribution in [-0.4, -0.2) is 39.0 Å². The van der Waals surface area contributed by atoms with Crippen LogP contribution in [0.4, 0.5) is 4.79 Å². The van der Waals surface area contributed by atoms with Crippen molar-refractivity contribution >= 4 is 28.7 Å². The Labute approximate surface area is 117 Å². The number of nitrogens with one attached hydrogen (secondary N) is 2. The highest BCUT2D eigenvalue weighted by atomic mass is 32.2. The summed E-state index contributed by atoms with van der Waals surface area (Å²) >= 11 is 0. The van der Waals surface area contributed by atoms with Gasteiger partial charge in [0.25, 0.3) is 0 Å². The first-order valence-corrected chi connectivity index (χ1v) is 6.90. The molecule has 0 saturated heterocycles. The first-order valence-electron chi connectivity index (χ1n) is 5.69. The quantitative estimate of drug-likeness (QED) is 0.719. The Hall–Kier alpha value is -2.16. The summed E-state index contributed by atoms with van der Waals surface area (Å²) in [5.74, 6) is -2.42. The zero-order valence-corrected chi connectivity index (χ0v) is 11.7. The van der Waals surface area contributed by atoms with E-state index in [1.807, 2.05) is 5.32 Å². The number of carboxylic acids is 1. The smallest absolute Gasteiger partial charge is 0.371 e. The Morgan fingerprint density at radius 3 is 2.55 bits per heavy atom. The molecular formula is C11H14N2O6S. The molecule has 1 heterocycles. The average molecular weight is 302 g/mol. The molecule has 0 radical (unpaired) electrons. The highest BCUT2D eigenvalue weighted by Crippen LogP contribution is 2.15. The molecule has 110 valence electrons. The van der Waals surface area contributed by atoms with Crippen LogP contribution < -0.4 is 10.6 Å². The Balaban J connectivity index is 2.72. The lowest BCUT2D eigenvalue weighted by molar-refractivity contribution is -0.119. The highest BCUT2D eigenvalue weighted by Gasteiger charge is 2.26. The van der Waals surface area contributed by atoms with Crippen molar-refractivity contribution in [3.8, 4) is 0 Å². The van der Waals surface area contributed by atoms with Crippen molar-refractivity contribution in [2.75, 3.05) is 6.54 Å². The second kappa shape index (κ2) is 6.85. The lowest BCUT2D eigenvalue weighted by Crippen LogP contribution is -2.44. The van der Waals surface area contributed by atoms with Gasteiger partial charge in [-0.2, -0.15) is 0 Å². The number of rotatable bonds is 5. The molecule has 2 unspecified atom stereocenters. The molecular weight excluding hydrogens is 288 g/mol. The zero-order chi connectivity index (χ0) is 15.3. The monoisotopic (exact) mass is 302 g/mol. The van der Waals surface area contributed by atoms with Crippen LogP contribution in [0.2, 0.25) is 0 Å². The van der Waals surface area contributed by atoms with Gasteiger partial charge in [-0.3, -0.25) is 14.3 Å². The van der Waals surface area contributed by atoms with Crippen LogP contribution in [0.25, 0.3) is 0 Å². The minimum absolute atomic E-state index is 0.138. The molecule has 3 N–H and O–H groups in total. The Morgan fingerprint density at radius 1 is 1.40 bits per heavy atom.